The van der Waals surface area contributed by atoms with Crippen LogP contribution in [0, 0.1) is 23.7 Å². The maximum atomic E-state index is 14.6. The molecule has 2 aromatic rings. The minimum atomic E-state index is -1.65. The Morgan fingerprint density at radius 3 is 1.50 bits per heavy atom. The zero-order valence-electron chi connectivity index (χ0n) is 48.5. The number of aliphatic hydroxyl groups is 1. The number of nitrogens with two attached hydrogens (primary N) is 2. The summed E-state index contributed by atoms with van der Waals surface area (Å²) < 4.78 is 0. The molecule has 10 amide bonds. The largest absolute Gasteiger partial charge is 0.481 e. The molecule has 1 aromatic carbocycles. The number of aromatic amines is 1. The Balaban J connectivity index is 2.49. The maximum absolute atomic E-state index is 14.6. The number of carbonyl (C=O) groups excluding carboxylic acids is 10. The number of rotatable bonds is 36. The number of amides is 10. The van der Waals surface area contributed by atoms with Crippen LogP contribution < -0.4 is 59.3 Å². The van der Waals surface area contributed by atoms with Gasteiger partial charge >= 0.3 is 11.9 Å². The molecule has 1 heterocycles. The molecular weight excluding hydrogens is 1090 g/mol. The first kappa shape index (κ1) is 70.8. The molecule has 0 bridgehead atoms. The lowest BCUT2D eigenvalue weighted by atomic mass is 9.99. The first-order valence-corrected chi connectivity index (χ1v) is 28.6. The van der Waals surface area contributed by atoms with Gasteiger partial charge in [0.15, 0.2) is 0 Å². The van der Waals surface area contributed by atoms with Crippen LogP contribution in [0.5, 0.6) is 0 Å². The van der Waals surface area contributed by atoms with Crippen molar-refractivity contribution >= 4 is 93.7 Å². The first-order chi connectivity index (χ1) is 38.3. The number of fused-ring (bicyclic) bond motifs is 1. The van der Waals surface area contributed by atoms with E-state index in [1.807, 2.05) is 0 Å². The average Bonchev–Trinajstić information content (AvgIpc) is 3.79. The topological polar surface area (TPSA) is 442 Å². The lowest BCUT2D eigenvalue weighted by Gasteiger charge is -2.29. The monoisotopic (exact) mass is 1170 g/mol. The third kappa shape index (κ3) is 23.6. The van der Waals surface area contributed by atoms with E-state index in [0.717, 1.165) is 0 Å². The van der Waals surface area contributed by atoms with E-state index in [9.17, 15) is 72.9 Å². The number of carboxylic acid groups (broad SMARTS) is 2. The van der Waals surface area contributed by atoms with Crippen molar-refractivity contribution in [3.63, 3.8) is 0 Å². The Labute approximate surface area is 481 Å². The normalized spacial score (nSPS) is 15.5. The summed E-state index contributed by atoms with van der Waals surface area (Å²) in [6, 6.07) is -7.01. The third-order valence-corrected chi connectivity index (χ3v) is 13.6. The summed E-state index contributed by atoms with van der Waals surface area (Å²) in [5.41, 5.74) is 12.3. The number of carboxylic acids is 2. The molecule has 0 aliphatic rings. The van der Waals surface area contributed by atoms with Gasteiger partial charge in [-0.15, -0.1) is 0 Å². The molecule has 458 valence electrons. The molecule has 0 fully saturated rings. The van der Waals surface area contributed by atoms with E-state index in [2.05, 4.69) is 52.8 Å². The van der Waals surface area contributed by atoms with Crippen molar-refractivity contribution < 1.29 is 72.9 Å². The number of benzene rings is 1. The van der Waals surface area contributed by atoms with Crippen LogP contribution in [0.15, 0.2) is 30.5 Å². The summed E-state index contributed by atoms with van der Waals surface area (Å²) >= 11 is 1.35. The number of H-pyrrole nitrogens is 1. The van der Waals surface area contributed by atoms with E-state index in [1.54, 1.807) is 92.1 Å². The minimum Gasteiger partial charge on any atom is -0.481 e. The van der Waals surface area contributed by atoms with Gasteiger partial charge in [-0.25, -0.2) is 4.79 Å². The number of aliphatic carboxylic acids is 2. The highest BCUT2D eigenvalue weighted by molar-refractivity contribution is 7.98. The molecule has 0 saturated heterocycles. The van der Waals surface area contributed by atoms with E-state index in [-0.39, 0.29) is 37.5 Å². The van der Waals surface area contributed by atoms with E-state index in [0.29, 0.717) is 22.2 Å². The highest BCUT2D eigenvalue weighted by Gasteiger charge is 2.37. The Morgan fingerprint density at radius 2 is 1.00 bits per heavy atom. The lowest BCUT2D eigenvalue weighted by Crippen LogP contribution is -2.62. The number of thioether (sulfide) groups is 1. The fourth-order valence-corrected chi connectivity index (χ4v) is 8.92. The van der Waals surface area contributed by atoms with Crippen molar-refractivity contribution in [1.82, 2.24) is 52.8 Å². The number of nitrogens with one attached hydrogen (secondary N) is 10. The maximum Gasteiger partial charge on any atom is 0.326 e. The van der Waals surface area contributed by atoms with E-state index in [4.69, 9.17) is 11.5 Å². The molecule has 82 heavy (non-hydrogen) atoms. The SMILES string of the molecule is CSCC[C@H](NC(=O)[C@H](CC(C)C)NC(=O)[C@H](CC(C)C)NC(=O)[C@@H](N)CC(N)=O)C(=O)N[C@@H](Cc1c[nH]c2ccccc12)C(=O)N[C@@H](CCC(=O)O)C(=O)N[C@@H](C)C(=O)N[C@H](C(=O)N[C@H](C(=O)N[C@H](C(=O)O)C(C)C)[C@@H](C)O)C(C)C. The Morgan fingerprint density at radius 1 is 0.549 bits per heavy atom. The molecule has 0 unspecified atom stereocenters. The number of primary amides is 1. The van der Waals surface area contributed by atoms with Crippen LogP contribution in [0.2, 0.25) is 0 Å². The van der Waals surface area contributed by atoms with Crippen LogP contribution in [0.1, 0.15) is 113 Å². The number of hydrogen-bond acceptors (Lipinski definition) is 15. The average molecular weight is 1180 g/mol. The van der Waals surface area contributed by atoms with Gasteiger partial charge in [0.1, 0.15) is 54.4 Å². The lowest BCUT2D eigenvalue weighted by molar-refractivity contribution is -0.144. The molecule has 1 aromatic heterocycles. The summed E-state index contributed by atoms with van der Waals surface area (Å²) in [5, 5.41) is 53.1. The van der Waals surface area contributed by atoms with Crippen LogP contribution in [0.4, 0.5) is 0 Å². The summed E-state index contributed by atoms with van der Waals surface area (Å²) in [6.07, 6.45) is 0.252. The second-order valence-corrected chi connectivity index (χ2v) is 22.9. The summed E-state index contributed by atoms with van der Waals surface area (Å²) in [5.74, 6) is -12.8. The second kappa shape index (κ2) is 34.2. The molecule has 28 heteroatoms. The van der Waals surface area contributed by atoms with Gasteiger partial charge in [-0.2, -0.15) is 11.8 Å². The van der Waals surface area contributed by atoms with E-state index < -0.39 is 169 Å². The number of carbonyl (C=O) groups is 12. The molecule has 0 saturated carbocycles. The molecule has 0 radical (unpaired) electrons. The molecular formula is C54H86N12O15S. The predicted octanol–water partition coefficient (Wildman–Crippen LogP) is -1.22. The van der Waals surface area contributed by atoms with Crippen molar-refractivity contribution in [3.8, 4) is 0 Å². The van der Waals surface area contributed by atoms with Crippen molar-refractivity contribution in [2.45, 2.75) is 181 Å². The van der Waals surface area contributed by atoms with E-state index >= 15 is 0 Å². The van der Waals surface area contributed by atoms with Gasteiger partial charge < -0.3 is 79.6 Å². The molecule has 0 aliphatic carbocycles. The molecule has 17 N–H and O–H groups in total. The van der Waals surface area contributed by atoms with Crippen molar-refractivity contribution in [3.05, 3.63) is 36.0 Å². The number of para-hydroxylation sites is 1. The van der Waals surface area contributed by atoms with Gasteiger partial charge in [0.25, 0.3) is 0 Å². The fraction of sp³-hybridized carbons (Fsp3) is 0.630. The second-order valence-electron chi connectivity index (χ2n) is 21.9. The van der Waals surface area contributed by atoms with Gasteiger partial charge in [0.2, 0.25) is 59.1 Å². The van der Waals surface area contributed by atoms with Crippen LogP contribution >= 0.6 is 11.8 Å². The molecule has 0 spiro atoms. The quantitative estimate of drug-likeness (QED) is 0.0380. The zero-order valence-corrected chi connectivity index (χ0v) is 49.3. The number of aliphatic hydroxyl groups excluding tert-OH is 1. The highest BCUT2D eigenvalue weighted by Crippen LogP contribution is 2.20. The van der Waals surface area contributed by atoms with Crippen molar-refractivity contribution in [2.24, 2.45) is 35.1 Å². The first-order valence-electron chi connectivity index (χ1n) is 27.2. The Kier molecular flexibility index (Phi) is 29.5. The smallest absolute Gasteiger partial charge is 0.326 e. The van der Waals surface area contributed by atoms with Crippen LogP contribution in [-0.2, 0) is 64.0 Å². The third-order valence-electron chi connectivity index (χ3n) is 13.0. The number of aromatic nitrogens is 1. The zero-order chi connectivity index (χ0) is 62.3. The summed E-state index contributed by atoms with van der Waals surface area (Å²) in [6.45, 7) is 15.8. The predicted molar refractivity (Wildman–Crippen MR) is 305 cm³/mol. The van der Waals surface area contributed by atoms with Gasteiger partial charge in [-0.1, -0.05) is 73.6 Å². The van der Waals surface area contributed by atoms with Crippen molar-refractivity contribution in [2.75, 3.05) is 12.0 Å². The Bertz CT molecular complexity index is 2560. The van der Waals surface area contributed by atoms with Crippen LogP contribution in [0.25, 0.3) is 10.9 Å². The van der Waals surface area contributed by atoms with Gasteiger partial charge in [0.05, 0.1) is 18.6 Å². The van der Waals surface area contributed by atoms with Crippen molar-refractivity contribution in [1.29, 1.82) is 0 Å². The van der Waals surface area contributed by atoms with E-state index in [1.165, 1.54) is 25.6 Å². The minimum absolute atomic E-state index is 0.0250. The van der Waals surface area contributed by atoms with Crippen LogP contribution in [0.3, 0.4) is 0 Å². The highest BCUT2D eigenvalue weighted by atomic mass is 32.2. The molecule has 27 nitrogen and oxygen atoms in total. The Hall–Kier alpha value is -7.33. The van der Waals surface area contributed by atoms with Gasteiger partial charge in [-0.05, 0) is 86.8 Å². The van der Waals surface area contributed by atoms with Crippen LogP contribution in [-0.4, -0.2) is 170 Å². The summed E-state index contributed by atoms with van der Waals surface area (Å²) in [7, 11) is 0. The molecule has 0 aliphatic heterocycles. The molecule has 11 atom stereocenters. The fourth-order valence-electron chi connectivity index (χ4n) is 8.45. The summed E-state index contributed by atoms with van der Waals surface area (Å²) in [4.78, 5) is 163. The standard InChI is InChI=1S/C54H86N12O15S/c1-25(2)20-37(61-46(72)33(55)23-40(56)68)50(76)62-38(21-26(3)4)49(75)60-36(18-19-82-11)48(74)63-39(22-31-24-57-34-15-13-12-14-32(31)34)51(77)59-35(16-17-41(69)70)47(73)58-29(9)45(71)64-42(27(5)6)52(78)66-44(30(10)67)53(79)65-43(28(7)8)54(80)81/h12-15,24-30,33,35-39,42-44,57,67H,16-23,55H2,1-11H3,(H2,56,68)(H,58,73)(H,59,77)(H,60,75)(H,61,72)(H,62,76)(H,63,74)(H,64,71)(H,65,79)(H,66,78)(H,69,70)(H,80,81)/t29-,30+,33-,35-,36-,37-,38-,39-,42-,43-,44-/m0/s1. The number of hydrogen-bond donors (Lipinski definition) is 15. The molecule has 2 rings (SSSR count). The van der Waals surface area contributed by atoms with Gasteiger partial charge in [0, 0.05) is 29.9 Å². The van der Waals surface area contributed by atoms with Gasteiger partial charge in [-0.3, -0.25) is 52.7 Å².